The molecule has 16 heavy (non-hydrogen) atoms. The van der Waals surface area contributed by atoms with Gasteiger partial charge in [0.15, 0.2) is 5.78 Å². The third kappa shape index (κ3) is 1.67. The largest absolute Gasteiger partial charge is 0.480 e. The average Bonchev–Trinajstić information content (AvgIpc) is 2.20. The fourth-order valence-corrected chi connectivity index (χ4v) is 2.38. The molecule has 0 aromatic heterocycles. The van der Waals surface area contributed by atoms with Crippen LogP contribution in [0.15, 0.2) is 22.7 Å². The number of rotatable bonds is 1. The summed E-state index contributed by atoms with van der Waals surface area (Å²) in [5.74, 6) is -1.25. The van der Waals surface area contributed by atoms with Crippen molar-refractivity contribution in [2.75, 3.05) is 0 Å². The highest BCUT2D eigenvalue weighted by Gasteiger charge is 2.44. The van der Waals surface area contributed by atoms with Crippen molar-refractivity contribution >= 4 is 27.7 Å². The Labute approximate surface area is 102 Å². The first-order chi connectivity index (χ1) is 7.43. The predicted octanol–water partition coefficient (Wildman–Crippen LogP) is 2.21. The number of hydrogen-bond acceptors (Lipinski definition) is 2. The Kier molecular flexibility index (Phi) is 2.62. The molecule has 4 heteroatoms. The van der Waals surface area contributed by atoms with Crippen LogP contribution in [0.1, 0.15) is 18.1 Å². The van der Waals surface area contributed by atoms with E-state index in [9.17, 15) is 9.59 Å². The number of halogens is 1. The standard InChI is InChI=1S/C12H11BrO3/c1-12(11(15)16)6-8-4-9(13)3-2-7(8)5-10(12)14/h2-4H,5-6H2,1H3,(H,15,16). The van der Waals surface area contributed by atoms with Gasteiger partial charge >= 0.3 is 5.97 Å². The van der Waals surface area contributed by atoms with Crippen molar-refractivity contribution in [3.05, 3.63) is 33.8 Å². The molecule has 0 saturated carbocycles. The van der Waals surface area contributed by atoms with Gasteiger partial charge < -0.3 is 5.11 Å². The van der Waals surface area contributed by atoms with E-state index >= 15 is 0 Å². The summed E-state index contributed by atoms with van der Waals surface area (Å²) in [4.78, 5) is 23.0. The van der Waals surface area contributed by atoms with Gasteiger partial charge in [-0.05, 0) is 36.6 Å². The van der Waals surface area contributed by atoms with Gasteiger partial charge in [-0.15, -0.1) is 0 Å². The molecule has 0 saturated heterocycles. The summed E-state index contributed by atoms with van der Waals surface area (Å²) in [6.07, 6.45) is 0.487. The molecule has 1 aromatic carbocycles. The Hall–Kier alpha value is -1.16. The minimum atomic E-state index is -1.27. The summed E-state index contributed by atoms with van der Waals surface area (Å²) in [5.41, 5.74) is 0.610. The van der Waals surface area contributed by atoms with E-state index in [0.717, 1.165) is 15.6 Å². The van der Waals surface area contributed by atoms with Crippen LogP contribution >= 0.6 is 15.9 Å². The molecule has 0 spiro atoms. The number of carbonyl (C=O) groups is 2. The molecule has 3 nitrogen and oxygen atoms in total. The van der Waals surface area contributed by atoms with Gasteiger partial charge in [-0.25, -0.2) is 0 Å². The Morgan fingerprint density at radius 2 is 2.12 bits per heavy atom. The molecule has 1 unspecified atom stereocenters. The number of carboxylic acids is 1. The quantitative estimate of drug-likeness (QED) is 0.804. The molecule has 1 aliphatic rings. The molecule has 1 atom stereocenters. The zero-order valence-electron chi connectivity index (χ0n) is 8.79. The van der Waals surface area contributed by atoms with E-state index in [1.165, 1.54) is 6.92 Å². The predicted molar refractivity (Wildman–Crippen MR) is 62.3 cm³/mol. The Bertz CT molecular complexity index is 481. The van der Waals surface area contributed by atoms with E-state index in [1.807, 2.05) is 18.2 Å². The number of aliphatic carboxylic acids is 1. The first-order valence-electron chi connectivity index (χ1n) is 4.97. The van der Waals surface area contributed by atoms with Gasteiger partial charge in [-0.2, -0.15) is 0 Å². The lowest BCUT2D eigenvalue weighted by Crippen LogP contribution is -2.42. The zero-order valence-corrected chi connectivity index (χ0v) is 10.4. The summed E-state index contributed by atoms with van der Waals surface area (Å²) in [6.45, 7) is 1.50. The molecule has 1 aromatic rings. The van der Waals surface area contributed by atoms with Crippen molar-refractivity contribution < 1.29 is 14.7 Å². The van der Waals surface area contributed by atoms with Gasteiger partial charge in [0.05, 0.1) is 0 Å². The molecular formula is C12H11BrO3. The molecule has 1 N–H and O–H groups in total. The van der Waals surface area contributed by atoms with Gasteiger partial charge in [0.2, 0.25) is 0 Å². The zero-order chi connectivity index (χ0) is 11.9. The van der Waals surface area contributed by atoms with Crippen LogP contribution in [0.5, 0.6) is 0 Å². The fourth-order valence-electron chi connectivity index (χ4n) is 1.97. The second kappa shape index (κ2) is 3.70. The van der Waals surface area contributed by atoms with E-state index in [-0.39, 0.29) is 18.6 Å². The number of fused-ring (bicyclic) bond motifs is 1. The number of hydrogen-bond donors (Lipinski definition) is 1. The summed E-state index contributed by atoms with van der Waals surface area (Å²) in [6, 6.07) is 5.64. The van der Waals surface area contributed by atoms with Crippen molar-refractivity contribution in [2.45, 2.75) is 19.8 Å². The summed E-state index contributed by atoms with van der Waals surface area (Å²) in [5, 5.41) is 9.13. The second-order valence-electron chi connectivity index (χ2n) is 4.33. The molecule has 0 bridgehead atoms. The maximum atomic E-state index is 11.8. The van der Waals surface area contributed by atoms with Crippen molar-refractivity contribution in [3.63, 3.8) is 0 Å². The van der Waals surface area contributed by atoms with Crippen LogP contribution in [0.3, 0.4) is 0 Å². The molecule has 0 heterocycles. The monoisotopic (exact) mass is 282 g/mol. The third-order valence-corrected chi connectivity index (χ3v) is 3.64. The molecule has 0 radical (unpaired) electrons. The first kappa shape index (κ1) is 11.3. The highest BCUT2D eigenvalue weighted by atomic mass is 79.9. The third-order valence-electron chi connectivity index (χ3n) is 3.15. The molecular weight excluding hydrogens is 272 g/mol. The van der Waals surface area contributed by atoms with Crippen LogP contribution in [-0.4, -0.2) is 16.9 Å². The van der Waals surface area contributed by atoms with E-state index in [1.54, 1.807) is 0 Å². The normalized spacial score (nSPS) is 24.0. The van der Waals surface area contributed by atoms with Crippen molar-refractivity contribution in [1.82, 2.24) is 0 Å². The smallest absolute Gasteiger partial charge is 0.317 e. The second-order valence-corrected chi connectivity index (χ2v) is 5.24. The highest BCUT2D eigenvalue weighted by molar-refractivity contribution is 9.10. The van der Waals surface area contributed by atoms with E-state index in [4.69, 9.17) is 5.11 Å². The van der Waals surface area contributed by atoms with Crippen molar-refractivity contribution in [2.24, 2.45) is 5.41 Å². The van der Waals surface area contributed by atoms with Crippen molar-refractivity contribution in [1.29, 1.82) is 0 Å². The van der Waals surface area contributed by atoms with Gasteiger partial charge in [-0.1, -0.05) is 22.0 Å². The van der Waals surface area contributed by atoms with Gasteiger partial charge in [0, 0.05) is 10.9 Å². The fraction of sp³-hybridized carbons (Fsp3) is 0.333. The molecule has 1 aliphatic carbocycles. The molecule has 2 rings (SSSR count). The number of carbonyl (C=O) groups excluding carboxylic acids is 1. The highest BCUT2D eigenvalue weighted by Crippen LogP contribution is 2.34. The van der Waals surface area contributed by atoms with Crippen LogP contribution in [0.4, 0.5) is 0 Å². The lowest BCUT2D eigenvalue weighted by atomic mass is 9.72. The topological polar surface area (TPSA) is 54.4 Å². The Morgan fingerprint density at radius 3 is 2.75 bits per heavy atom. The van der Waals surface area contributed by atoms with Gasteiger partial charge in [-0.3, -0.25) is 9.59 Å². The number of ketones is 1. The van der Waals surface area contributed by atoms with Crippen LogP contribution < -0.4 is 0 Å². The first-order valence-corrected chi connectivity index (χ1v) is 5.77. The number of Topliss-reactive ketones (excluding diaryl/α,β-unsaturated/α-hetero) is 1. The number of benzene rings is 1. The van der Waals surface area contributed by atoms with Crippen LogP contribution in [-0.2, 0) is 22.4 Å². The summed E-state index contributed by atoms with van der Waals surface area (Å²) >= 11 is 3.35. The van der Waals surface area contributed by atoms with E-state index in [2.05, 4.69) is 15.9 Å². The maximum Gasteiger partial charge on any atom is 0.317 e. The minimum Gasteiger partial charge on any atom is -0.480 e. The molecule has 0 fully saturated rings. The maximum absolute atomic E-state index is 11.8. The lowest BCUT2D eigenvalue weighted by Gasteiger charge is -2.29. The van der Waals surface area contributed by atoms with Crippen LogP contribution in [0.2, 0.25) is 0 Å². The minimum absolute atomic E-state index is 0.213. The molecule has 0 amide bonds. The van der Waals surface area contributed by atoms with Crippen LogP contribution in [0.25, 0.3) is 0 Å². The van der Waals surface area contributed by atoms with E-state index in [0.29, 0.717) is 0 Å². The Morgan fingerprint density at radius 1 is 1.44 bits per heavy atom. The summed E-state index contributed by atoms with van der Waals surface area (Å²) in [7, 11) is 0. The van der Waals surface area contributed by atoms with E-state index < -0.39 is 11.4 Å². The summed E-state index contributed by atoms with van der Waals surface area (Å²) < 4.78 is 0.910. The van der Waals surface area contributed by atoms with Gasteiger partial charge in [0.25, 0.3) is 0 Å². The molecule has 0 aliphatic heterocycles. The Balaban J connectivity index is 2.48. The SMILES string of the molecule is CC1(C(=O)O)Cc2cc(Br)ccc2CC1=O. The molecule has 84 valence electrons. The van der Waals surface area contributed by atoms with Gasteiger partial charge in [0.1, 0.15) is 5.41 Å². The number of carboxylic acid groups (broad SMARTS) is 1. The average molecular weight is 283 g/mol. The van der Waals surface area contributed by atoms with Crippen molar-refractivity contribution in [3.8, 4) is 0 Å². The van der Waals surface area contributed by atoms with Crippen LogP contribution in [0, 0.1) is 5.41 Å². The lowest BCUT2D eigenvalue weighted by molar-refractivity contribution is -0.154.